The molecule has 0 spiro atoms. The van der Waals surface area contributed by atoms with Crippen molar-refractivity contribution in [2.45, 2.75) is 29.7 Å². The zero-order valence-corrected chi connectivity index (χ0v) is 21.6. The van der Waals surface area contributed by atoms with Gasteiger partial charge in [0.05, 0.1) is 21.9 Å². The average molecular weight is 546 g/mol. The van der Waals surface area contributed by atoms with Gasteiger partial charge >= 0.3 is 0 Å². The molecule has 0 fully saturated rings. The molecule has 1 aliphatic rings. The van der Waals surface area contributed by atoms with Crippen LogP contribution in [-0.2, 0) is 11.2 Å². The molecule has 4 rings (SSSR count). The predicted octanol–water partition coefficient (Wildman–Crippen LogP) is 7.12. The second-order valence-electron chi connectivity index (χ2n) is 8.45. The molecule has 0 radical (unpaired) electrons. The fourth-order valence-corrected chi connectivity index (χ4v) is 5.20. The third kappa shape index (κ3) is 5.36. The Labute approximate surface area is 222 Å². The van der Waals surface area contributed by atoms with E-state index < -0.39 is 11.2 Å². The van der Waals surface area contributed by atoms with Crippen molar-refractivity contribution in [1.82, 2.24) is 9.55 Å². The van der Waals surface area contributed by atoms with Crippen molar-refractivity contribution in [2.24, 2.45) is 16.5 Å². The number of rotatable bonds is 5. The number of hydrogen-bond acceptors (Lipinski definition) is 3. The van der Waals surface area contributed by atoms with Crippen molar-refractivity contribution in [1.29, 1.82) is 0 Å². The number of hydrogen-bond donors (Lipinski definition) is 2. The molecule has 2 aromatic carbocycles. The van der Waals surface area contributed by atoms with Crippen LogP contribution in [0.5, 0.6) is 0 Å². The van der Waals surface area contributed by atoms with Gasteiger partial charge in [0.1, 0.15) is 17.3 Å². The van der Waals surface area contributed by atoms with Crippen LogP contribution in [0, 0.1) is 5.82 Å². The lowest BCUT2D eigenvalue weighted by Crippen LogP contribution is -2.26. The van der Waals surface area contributed by atoms with E-state index in [0.29, 0.717) is 33.1 Å². The molecular weight excluding hydrogens is 523 g/mol. The molecule has 0 aliphatic carbocycles. The highest BCUT2D eigenvalue weighted by molar-refractivity contribution is 7.98. The molecule has 2 heterocycles. The lowest BCUT2D eigenvalue weighted by atomic mass is 9.76. The minimum Gasteiger partial charge on any atom is -0.370 e. The first-order chi connectivity index (χ1) is 17.1. The number of aliphatic imine (C=N–C) groups is 1. The van der Waals surface area contributed by atoms with Gasteiger partial charge in [0.2, 0.25) is 0 Å². The Morgan fingerprint density at radius 1 is 1.17 bits per heavy atom. The normalized spacial score (nSPS) is 17.6. The molecule has 3 aromatic rings. The van der Waals surface area contributed by atoms with Crippen LogP contribution in [-0.4, -0.2) is 15.5 Å². The van der Waals surface area contributed by atoms with Crippen LogP contribution in [0.1, 0.15) is 30.2 Å². The van der Waals surface area contributed by atoms with Crippen molar-refractivity contribution in [3.05, 3.63) is 106 Å². The fraction of sp³-hybridized carbons (Fsp3) is 0.154. The van der Waals surface area contributed by atoms with Crippen molar-refractivity contribution in [3.8, 4) is 0 Å². The van der Waals surface area contributed by atoms with Crippen LogP contribution in [0.25, 0.3) is 5.70 Å². The molecule has 0 saturated heterocycles. The zero-order valence-electron chi connectivity index (χ0n) is 19.3. The number of aromatic nitrogens is 2. The number of imidazole rings is 1. The van der Waals surface area contributed by atoms with Gasteiger partial charge in [-0.2, -0.15) is 0 Å². The highest BCUT2D eigenvalue weighted by Gasteiger charge is 2.34. The number of nitrogens with two attached hydrogens (primary N) is 2. The third-order valence-corrected chi connectivity index (χ3v) is 7.67. The molecule has 1 aliphatic heterocycles. The molecule has 1 aromatic heterocycles. The summed E-state index contributed by atoms with van der Waals surface area (Å²) in [5.74, 6) is -0.662. The standard InChI is InChI=1S/C26H23Cl2F2N5S/c1-15-3-6-18(29)9-10-26(2,17-5-7-19(27)20(28)12-17)23-13-33-25(35(15)23)36-14-16-4-8-21(30)22(11-16)34-24(31)32/h3-9,11-13H,1,10,14H2,2H3,(H4,31,32,34). The molecule has 0 amide bonds. The van der Waals surface area contributed by atoms with E-state index in [-0.39, 0.29) is 17.5 Å². The monoisotopic (exact) mass is 545 g/mol. The Balaban J connectivity index is 1.76. The van der Waals surface area contributed by atoms with Crippen LogP contribution in [0.15, 0.2) is 83.4 Å². The maximum Gasteiger partial charge on any atom is 0.191 e. The summed E-state index contributed by atoms with van der Waals surface area (Å²) in [7, 11) is 0. The summed E-state index contributed by atoms with van der Waals surface area (Å²) in [4.78, 5) is 8.50. The molecule has 1 unspecified atom stereocenters. The minimum absolute atomic E-state index is 0.0594. The van der Waals surface area contributed by atoms with Crippen LogP contribution in [0.2, 0.25) is 10.0 Å². The number of guanidine groups is 1. The predicted molar refractivity (Wildman–Crippen MR) is 145 cm³/mol. The molecule has 5 nitrogen and oxygen atoms in total. The second kappa shape index (κ2) is 10.5. The largest absolute Gasteiger partial charge is 0.370 e. The summed E-state index contributed by atoms with van der Waals surface area (Å²) in [6.07, 6.45) is 6.63. The van der Waals surface area contributed by atoms with E-state index >= 15 is 0 Å². The molecule has 1 atom stereocenters. The Morgan fingerprint density at radius 2 is 1.94 bits per heavy atom. The number of allylic oxidation sites excluding steroid dienone is 5. The summed E-state index contributed by atoms with van der Waals surface area (Å²) in [5.41, 5.74) is 13.2. The fourth-order valence-electron chi connectivity index (χ4n) is 3.95. The summed E-state index contributed by atoms with van der Waals surface area (Å²) in [6.45, 7) is 6.16. The van der Waals surface area contributed by atoms with E-state index in [2.05, 4.69) is 16.6 Å². The second-order valence-corrected chi connectivity index (χ2v) is 10.2. The number of nitrogens with zero attached hydrogens (tertiary/aromatic N) is 3. The van der Waals surface area contributed by atoms with Crippen LogP contribution in [0.4, 0.5) is 14.5 Å². The van der Waals surface area contributed by atoms with Gasteiger partial charge in [-0.3, -0.25) is 4.57 Å². The number of thioether (sulfide) groups is 1. The zero-order chi connectivity index (χ0) is 26.0. The molecule has 4 N–H and O–H groups in total. The van der Waals surface area contributed by atoms with Gasteiger partial charge < -0.3 is 11.5 Å². The number of benzene rings is 2. The van der Waals surface area contributed by atoms with Gasteiger partial charge in [-0.25, -0.2) is 18.8 Å². The Bertz CT molecular complexity index is 1430. The Kier molecular flexibility index (Phi) is 7.59. The lowest BCUT2D eigenvalue weighted by Gasteiger charge is -2.31. The Hall–Kier alpha value is -3.07. The van der Waals surface area contributed by atoms with E-state index in [4.69, 9.17) is 34.7 Å². The number of halogens is 4. The van der Waals surface area contributed by atoms with Gasteiger partial charge in [0.25, 0.3) is 0 Å². The molecular formula is C26H23Cl2F2N5S. The summed E-state index contributed by atoms with van der Waals surface area (Å²) >= 11 is 13.9. The topological polar surface area (TPSA) is 82.2 Å². The Morgan fingerprint density at radius 3 is 2.67 bits per heavy atom. The first kappa shape index (κ1) is 26.0. The first-order valence-electron chi connectivity index (χ1n) is 10.9. The van der Waals surface area contributed by atoms with Crippen LogP contribution >= 0.6 is 35.0 Å². The van der Waals surface area contributed by atoms with Crippen LogP contribution in [0.3, 0.4) is 0 Å². The maximum atomic E-state index is 14.5. The quantitative estimate of drug-likeness (QED) is 0.203. The smallest absolute Gasteiger partial charge is 0.191 e. The van der Waals surface area contributed by atoms with Crippen molar-refractivity contribution in [2.75, 3.05) is 0 Å². The lowest BCUT2D eigenvalue weighted by molar-refractivity contribution is 0.538. The van der Waals surface area contributed by atoms with Gasteiger partial charge in [-0.15, -0.1) is 0 Å². The first-order valence-corrected chi connectivity index (χ1v) is 12.6. The highest BCUT2D eigenvalue weighted by atomic mass is 35.5. The van der Waals surface area contributed by atoms with Crippen LogP contribution < -0.4 is 11.5 Å². The van der Waals surface area contributed by atoms with E-state index in [0.717, 1.165) is 16.8 Å². The van der Waals surface area contributed by atoms with E-state index in [1.807, 2.05) is 17.6 Å². The summed E-state index contributed by atoms with van der Waals surface area (Å²) in [6, 6.07) is 9.95. The molecule has 36 heavy (non-hydrogen) atoms. The van der Waals surface area contributed by atoms with E-state index in [1.165, 1.54) is 30.0 Å². The molecule has 186 valence electrons. The van der Waals surface area contributed by atoms with Gasteiger partial charge in [-0.1, -0.05) is 53.7 Å². The van der Waals surface area contributed by atoms with Gasteiger partial charge in [-0.05, 0) is 67.0 Å². The average Bonchev–Trinajstić information content (AvgIpc) is 3.28. The van der Waals surface area contributed by atoms with Gasteiger partial charge in [0, 0.05) is 16.9 Å². The van der Waals surface area contributed by atoms with E-state index in [1.54, 1.807) is 36.5 Å². The molecule has 0 bridgehead atoms. The highest BCUT2D eigenvalue weighted by Crippen LogP contribution is 2.42. The number of fused-ring (bicyclic) bond motifs is 1. The van der Waals surface area contributed by atoms with Gasteiger partial charge in [0.15, 0.2) is 11.1 Å². The third-order valence-electron chi connectivity index (χ3n) is 5.91. The minimum atomic E-state index is -0.692. The van der Waals surface area contributed by atoms with Crippen molar-refractivity contribution in [3.63, 3.8) is 0 Å². The molecule has 10 heteroatoms. The van der Waals surface area contributed by atoms with E-state index in [9.17, 15) is 8.78 Å². The van der Waals surface area contributed by atoms with Crippen molar-refractivity contribution < 1.29 is 8.78 Å². The summed E-state index contributed by atoms with van der Waals surface area (Å²) < 4.78 is 30.5. The summed E-state index contributed by atoms with van der Waals surface area (Å²) in [5, 5.41) is 1.48. The SMILES string of the molecule is C=C1C=CC(F)=CCC(C)(c2ccc(Cl)c(Cl)c2)c2cnc(SCc3ccc(F)c(N=C(N)N)c3)n21. The molecule has 0 saturated carbocycles. The van der Waals surface area contributed by atoms with Crippen molar-refractivity contribution >= 4 is 52.3 Å². The maximum absolute atomic E-state index is 14.5.